The molecule has 0 radical (unpaired) electrons. The molecule has 94 valence electrons. The fraction of sp³-hybridized carbons (Fsp3) is 0.500. The van der Waals surface area contributed by atoms with E-state index in [4.69, 9.17) is 4.74 Å². The molecule has 1 aromatic carbocycles. The van der Waals surface area contributed by atoms with E-state index in [0.717, 1.165) is 12.0 Å². The van der Waals surface area contributed by atoms with Gasteiger partial charge in [-0.15, -0.1) is 0 Å². The van der Waals surface area contributed by atoms with E-state index in [1.807, 2.05) is 26.8 Å². The van der Waals surface area contributed by atoms with E-state index in [-0.39, 0.29) is 11.5 Å². The summed E-state index contributed by atoms with van der Waals surface area (Å²) >= 11 is 0. The molecule has 0 saturated carbocycles. The lowest BCUT2D eigenvalue weighted by Crippen LogP contribution is -2.20. The molecule has 0 aromatic heterocycles. The highest BCUT2D eigenvalue weighted by Gasteiger charge is 2.25. The average molecular weight is 236 g/mol. The third-order valence-electron chi connectivity index (χ3n) is 2.58. The molecule has 0 unspecified atom stereocenters. The number of carbonyl (C=O) groups is 1. The topological polar surface area (TPSA) is 46.5 Å². The Morgan fingerprint density at radius 3 is 2.53 bits per heavy atom. The van der Waals surface area contributed by atoms with Crippen LogP contribution in [0.5, 0.6) is 5.75 Å². The zero-order valence-electron chi connectivity index (χ0n) is 10.9. The van der Waals surface area contributed by atoms with E-state index in [1.54, 1.807) is 19.2 Å². The van der Waals surface area contributed by atoms with Crippen molar-refractivity contribution in [3.63, 3.8) is 0 Å². The van der Waals surface area contributed by atoms with Gasteiger partial charge >= 0.3 is 0 Å². The van der Waals surface area contributed by atoms with Crippen molar-refractivity contribution in [1.29, 1.82) is 0 Å². The SMILES string of the molecule is COCCc1ccc(O)c(C(=O)C(C)(C)C)c1. The Bertz CT molecular complexity index is 402. The van der Waals surface area contributed by atoms with Crippen molar-refractivity contribution >= 4 is 5.78 Å². The second-order valence-electron chi connectivity index (χ2n) is 5.17. The van der Waals surface area contributed by atoms with Gasteiger partial charge in [0.25, 0.3) is 0 Å². The van der Waals surface area contributed by atoms with Crippen molar-refractivity contribution in [3.8, 4) is 5.75 Å². The number of carbonyl (C=O) groups excluding carboxylic acids is 1. The minimum absolute atomic E-state index is 0.0470. The minimum atomic E-state index is -0.489. The van der Waals surface area contributed by atoms with Gasteiger partial charge in [-0.1, -0.05) is 26.8 Å². The summed E-state index contributed by atoms with van der Waals surface area (Å²) in [4.78, 5) is 12.1. The maximum absolute atomic E-state index is 12.1. The lowest BCUT2D eigenvalue weighted by molar-refractivity contribution is 0.0855. The molecule has 3 heteroatoms. The van der Waals surface area contributed by atoms with Crippen molar-refractivity contribution < 1.29 is 14.6 Å². The normalized spacial score (nSPS) is 11.5. The van der Waals surface area contributed by atoms with Crippen LogP contribution < -0.4 is 0 Å². The number of ether oxygens (including phenoxy) is 1. The Morgan fingerprint density at radius 2 is 2.00 bits per heavy atom. The summed E-state index contributed by atoms with van der Waals surface area (Å²) in [7, 11) is 1.64. The number of rotatable bonds is 4. The second kappa shape index (κ2) is 5.32. The number of phenols is 1. The number of benzene rings is 1. The van der Waals surface area contributed by atoms with Gasteiger partial charge in [-0.2, -0.15) is 0 Å². The van der Waals surface area contributed by atoms with Gasteiger partial charge in [0.05, 0.1) is 12.2 Å². The van der Waals surface area contributed by atoms with Crippen molar-refractivity contribution in [2.24, 2.45) is 5.41 Å². The van der Waals surface area contributed by atoms with Gasteiger partial charge < -0.3 is 9.84 Å². The van der Waals surface area contributed by atoms with Crippen LogP contribution in [0.2, 0.25) is 0 Å². The molecule has 0 atom stereocenters. The van der Waals surface area contributed by atoms with Gasteiger partial charge in [0.2, 0.25) is 0 Å². The third kappa shape index (κ3) is 3.56. The smallest absolute Gasteiger partial charge is 0.171 e. The number of hydrogen-bond donors (Lipinski definition) is 1. The van der Waals surface area contributed by atoms with Crippen LogP contribution in [0.3, 0.4) is 0 Å². The van der Waals surface area contributed by atoms with E-state index in [0.29, 0.717) is 12.2 Å². The van der Waals surface area contributed by atoms with E-state index in [9.17, 15) is 9.90 Å². The molecule has 1 N–H and O–H groups in total. The zero-order valence-corrected chi connectivity index (χ0v) is 10.9. The first-order valence-electron chi connectivity index (χ1n) is 5.72. The molecule has 0 aliphatic heterocycles. The Balaban J connectivity index is 3.02. The van der Waals surface area contributed by atoms with Crippen LogP contribution in [0.4, 0.5) is 0 Å². The molecule has 1 aromatic rings. The van der Waals surface area contributed by atoms with Gasteiger partial charge in [-0.3, -0.25) is 4.79 Å². The summed E-state index contributed by atoms with van der Waals surface area (Å²) in [5.74, 6) is 0.000332. The first-order valence-corrected chi connectivity index (χ1v) is 5.72. The maximum atomic E-state index is 12.1. The number of hydrogen-bond acceptors (Lipinski definition) is 3. The van der Waals surface area contributed by atoms with Gasteiger partial charge in [0.1, 0.15) is 5.75 Å². The van der Waals surface area contributed by atoms with Crippen LogP contribution >= 0.6 is 0 Å². The van der Waals surface area contributed by atoms with Crippen molar-refractivity contribution in [2.75, 3.05) is 13.7 Å². The molecule has 0 aliphatic rings. The Labute approximate surface area is 102 Å². The Hall–Kier alpha value is -1.35. The van der Waals surface area contributed by atoms with Crippen LogP contribution in [0, 0.1) is 5.41 Å². The number of Topliss-reactive ketones (excluding diaryl/α,β-unsaturated/α-hetero) is 1. The van der Waals surface area contributed by atoms with Gasteiger partial charge in [0.15, 0.2) is 5.78 Å². The fourth-order valence-electron chi connectivity index (χ4n) is 1.54. The summed E-state index contributed by atoms with van der Waals surface area (Å²) < 4.78 is 5.00. The van der Waals surface area contributed by atoms with Crippen LogP contribution in [-0.2, 0) is 11.2 Å². The second-order valence-corrected chi connectivity index (χ2v) is 5.17. The Morgan fingerprint density at radius 1 is 1.35 bits per heavy atom. The lowest BCUT2D eigenvalue weighted by Gasteiger charge is -2.18. The molecule has 0 fully saturated rings. The molecule has 0 spiro atoms. The van der Waals surface area contributed by atoms with E-state index in [2.05, 4.69) is 0 Å². The number of methoxy groups -OCH3 is 1. The summed E-state index contributed by atoms with van der Waals surface area (Å²) in [5.41, 5.74) is 0.903. The van der Waals surface area contributed by atoms with Crippen LogP contribution in [0.15, 0.2) is 18.2 Å². The largest absolute Gasteiger partial charge is 0.507 e. The molecule has 0 heterocycles. The first-order chi connectivity index (χ1) is 7.86. The van der Waals surface area contributed by atoms with Crippen molar-refractivity contribution in [3.05, 3.63) is 29.3 Å². The summed E-state index contributed by atoms with van der Waals surface area (Å²) in [6, 6.07) is 5.14. The molecule has 17 heavy (non-hydrogen) atoms. The monoisotopic (exact) mass is 236 g/mol. The van der Waals surface area contributed by atoms with Crippen molar-refractivity contribution in [1.82, 2.24) is 0 Å². The summed E-state index contributed by atoms with van der Waals surface area (Å²) in [6.07, 6.45) is 0.737. The van der Waals surface area contributed by atoms with Crippen molar-refractivity contribution in [2.45, 2.75) is 27.2 Å². The Kier molecular flexibility index (Phi) is 4.29. The predicted octanol–water partition coefficient (Wildman–Crippen LogP) is 2.81. The average Bonchev–Trinajstić information content (AvgIpc) is 2.26. The molecule has 1 rings (SSSR count). The summed E-state index contributed by atoms with van der Waals surface area (Å²) in [5, 5.41) is 9.74. The number of aromatic hydroxyl groups is 1. The van der Waals surface area contributed by atoms with Crippen LogP contribution in [-0.4, -0.2) is 24.6 Å². The standard InChI is InChI=1S/C14H20O3/c1-14(2,3)13(16)11-9-10(7-8-17-4)5-6-12(11)15/h5-6,9,15H,7-8H2,1-4H3. The first kappa shape index (κ1) is 13.7. The van der Waals surface area contributed by atoms with Gasteiger partial charge in [0, 0.05) is 12.5 Å². The van der Waals surface area contributed by atoms with E-state index >= 15 is 0 Å². The quantitative estimate of drug-likeness (QED) is 0.818. The van der Waals surface area contributed by atoms with Crippen LogP contribution in [0.25, 0.3) is 0 Å². The van der Waals surface area contributed by atoms with Gasteiger partial charge in [-0.05, 0) is 24.1 Å². The molecule has 0 bridgehead atoms. The highest BCUT2D eigenvalue weighted by Crippen LogP contribution is 2.27. The third-order valence-corrected chi connectivity index (χ3v) is 2.58. The molecule has 0 aliphatic carbocycles. The molecular formula is C14H20O3. The molecule has 0 saturated heterocycles. The number of ketones is 1. The van der Waals surface area contributed by atoms with E-state index < -0.39 is 5.41 Å². The predicted molar refractivity (Wildman–Crippen MR) is 67.5 cm³/mol. The molecule has 0 amide bonds. The highest BCUT2D eigenvalue weighted by molar-refractivity contribution is 6.02. The lowest BCUT2D eigenvalue weighted by atomic mass is 9.85. The van der Waals surface area contributed by atoms with E-state index in [1.165, 1.54) is 0 Å². The summed E-state index contributed by atoms with van der Waals surface area (Å²) in [6.45, 7) is 6.14. The van der Waals surface area contributed by atoms with Gasteiger partial charge in [-0.25, -0.2) is 0 Å². The number of phenolic OH excluding ortho intramolecular Hbond substituents is 1. The zero-order chi connectivity index (χ0) is 13.1. The van der Waals surface area contributed by atoms with Crippen LogP contribution in [0.1, 0.15) is 36.7 Å². The maximum Gasteiger partial charge on any atom is 0.171 e. The molecular weight excluding hydrogens is 216 g/mol. The fourth-order valence-corrected chi connectivity index (χ4v) is 1.54. The minimum Gasteiger partial charge on any atom is -0.507 e. The highest BCUT2D eigenvalue weighted by atomic mass is 16.5. The molecule has 3 nitrogen and oxygen atoms in total.